The first-order valence-corrected chi connectivity index (χ1v) is 8.58. The van der Waals surface area contributed by atoms with E-state index in [1.807, 2.05) is 38.2 Å². The number of esters is 1. The van der Waals surface area contributed by atoms with E-state index in [9.17, 15) is 4.79 Å². The lowest BCUT2D eigenvalue weighted by Crippen LogP contribution is -2.56. The minimum absolute atomic E-state index is 0.0989. The third-order valence-electron chi connectivity index (χ3n) is 3.81. The largest absolute Gasteiger partial charge is 0.465 e. The first-order chi connectivity index (χ1) is 10.2. The quantitative estimate of drug-likeness (QED) is 0.819. The Morgan fingerprint density at radius 2 is 2.38 bits per heavy atom. The van der Waals surface area contributed by atoms with Gasteiger partial charge in [-0.25, -0.2) is 4.98 Å². The van der Waals surface area contributed by atoms with E-state index in [4.69, 9.17) is 4.74 Å². The van der Waals surface area contributed by atoms with Crippen molar-refractivity contribution in [2.24, 2.45) is 0 Å². The Balaban J connectivity index is 2.07. The van der Waals surface area contributed by atoms with Gasteiger partial charge in [0.05, 0.1) is 11.6 Å². The summed E-state index contributed by atoms with van der Waals surface area (Å²) in [4.78, 5) is 16.8. The van der Waals surface area contributed by atoms with Crippen LogP contribution in [0.5, 0.6) is 0 Å². The van der Waals surface area contributed by atoms with E-state index in [1.54, 1.807) is 11.8 Å². The van der Waals surface area contributed by atoms with Crippen LogP contribution >= 0.6 is 11.8 Å². The summed E-state index contributed by atoms with van der Waals surface area (Å²) in [5.41, 5.74) is -0.518. The molecule has 0 saturated heterocycles. The average molecular weight is 308 g/mol. The van der Waals surface area contributed by atoms with Gasteiger partial charge in [0, 0.05) is 11.4 Å². The minimum atomic E-state index is -0.518. The Kier molecular flexibility index (Phi) is 6.06. The smallest absolute Gasteiger partial charge is 0.326 e. The summed E-state index contributed by atoms with van der Waals surface area (Å²) in [6, 6.07) is 5.95. The summed E-state index contributed by atoms with van der Waals surface area (Å²) in [6.45, 7) is 5.11. The van der Waals surface area contributed by atoms with E-state index in [-0.39, 0.29) is 5.97 Å². The molecule has 2 unspecified atom stereocenters. The highest BCUT2D eigenvalue weighted by atomic mass is 32.2. The lowest BCUT2D eigenvalue weighted by Gasteiger charge is -2.39. The van der Waals surface area contributed by atoms with Gasteiger partial charge in [-0.2, -0.15) is 0 Å². The second-order valence-electron chi connectivity index (χ2n) is 5.34. The molecule has 1 aromatic rings. The first-order valence-electron chi connectivity index (χ1n) is 7.70. The van der Waals surface area contributed by atoms with Gasteiger partial charge in [0.2, 0.25) is 0 Å². The molecule has 0 bridgehead atoms. The van der Waals surface area contributed by atoms with Crippen molar-refractivity contribution >= 4 is 17.7 Å². The zero-order chi connectivity index (χ0) is 15.1. The molecule has 21 heavy (non-hydrogen) atoms. The fourth-order valence-corrected chi connectivity index (χ4v) is 4.21. The first kappa shape index (κ1) is 16.3. The second kappa shape index (κ2) is 7.80. The zero-order valence-corrected chi connectivity index (χ0v) is 13.6. The van der Waals surface area contributed by atoms with Gasteiger partial charge in [-0.05, 0) is 51.3 Å². The molecule has 1 aromatic heterocycles. The monoisotopic (exact) mass is 308 g/mol. The number of pyridine rings is 1. The maximum Gasteiger partial charge on any atom is 0.326 e. The molecule has 116 valence electrons. The van der Waals surface area contributed by atoms with Gasteiger partial charge in [0.15, 0.2) is 0 Å². The standard InChI is InChI=1S/C16H24N2O2S/c1-3-18-16(15(19)20-4-2)10-7-8-13(12-16)21-14-9-5-6-11-17-14/h5-6,9,11,13,18H,3-4,7-8,10,12H2,1-2H3. The fourth-order valence-electron chi connectivity index (χ4n) is 2.94. The van der Waals surface area contributed by atoms with Gasteiger partial charge in [-0.1, -0.05) is 13.0 Å². The van der Waals surface area contributed by atoms with E-state index in [0.717, 1.165) is 37.3 Å². The molecule has 0 aromatic carbocycles. The number of likely N-dealkylation sites (N-methyl/N-ethyl adjacent to an activating group) is 1. The average Bonchev–Trinajstić information content (AvgIpc) is 2.49. The van der Waals surface area contributed by atoms with Gasteiger partial charge in [0.1, 0.15) is 5.54 Å². The van der Waals surface area contributed by atoms with Crippen molar-refractivity contribution in [3.05, 3.63) is 24.4 Å². The number of ether oxygens (including phenoxy) is 1. The van der Waals surface area contributed by atoms with Crippen molar-refractivity contribution in [2.75, 3.05) is 13.2 Å². The van der Waals surface area contributed by atoms with Crippen molar-refractivity contribution < 1.29 is 9.53 Å². The third-order valence-corrected chi connectivity index (χ3v) is 5.03. The number of nitrogens with one attached hydrogen (secondary N) is 1. The van der Waals surface area contributed by atoms with Crippen LogP contribution in [0.4, 0.5) is 0 Å². The molecule has 2 rings (SSSR count). The number of hydrogen-bond acceptors (Lipinski definition) is 5. The molecule has 5 heteroatoms. The Hall–Kier alpha value is -1.07. The van der Waals surface area contributed by atoms with Crippen LogP contribution in [-0.2, 0) is 9.53 Å². The van der Waals surface area contributed by atoms with Gasteiger partial charge >= 0.3 is 5.97 Å². The van der Waals surface area contributed by atoms with Crippen molar-refractivity contribution in [2.45, 2.75) is 55.3 Å². The molecule has 0 aliphatic heterocycles. The summed E-state index contributed by atoms with van der Waals surface area (Å²) in [5, 5.41) is 4.82. The topological polar surface area (TPSA) is 51.2 Å². The number of hydrogen-bond donors (Lipinski definition) is 1. The summed E-state index contributed by atoms with van der Waals surface area (Å²) < 4.78 is 5.31. The van der Waals surface area contributed by atoms with Crippen molar-refractivity contribution in [1.82, 2.24) is 10.3 Å². The molecular formula is C16H24N2O2S. The Morgan fingerprint density at radius 1 is 1.52 bits per heavy atom. The summed E-state index contributed by atoms with van der Waals surface area (Å²) in [5.74, 6) is -0.0989. The summed E-state index contributed by atoms with van der Waals surface area (Å²) in [6.07, 6.45) is 5.64. The number of nitrogens with zero attached hydrogens (tertiary/aromatic N) is 1. The maximum absolute atomic E-state index is 12.4. The lowest BCUT2D eigenvalue weighted by atomic mass is 9.81. The van der Waals surface area contributed by atoms with Crippen LogP contribution in [0.25, 0.3) is 0 Å². The molecule has 4 nitrogen and oxygen atoms in total. The molecule has 1 N–H and O–H groups in total. The Bertz CT molecular complexity index is 451. The van der Waals surface area contributed by atoms with Gasteiger partial charge in [-0.15, -0.1) is 11.8 Å². The Morgan fingerprint density at radius 3 is 3.05 bits per heavy atom. The van der Waals surface area contributed by atoms with Crippen LogP contribution < -0.4 is 5.32 Å². The van der Waals surface area contributed by atoms with Crippen LogP contribution in [0.2, 0.25) is 0 Å². The number of rotatable bonds is 6. The number of carbonyl (C=O) groups is 1. The minimum Gasteiger partial charge on any atom is -0.465 e. The van der Waals surface area contributed by atoms with Gasteiger partial charge in [0.25, 0.3) is 0 Å². The maximum atomic E-state index is 12.4. The van der Waals surface area contributed by atoms with Crippen LogP contribution in [-0.4, -0.2) is 34.9 Å². The van der Waals surface area contributed by atoms with Crippen molar-refractivity contribution in [3.8, 4) is 0 Å². The highest BCUT2D eigenvalue weighted by molar-refractivity contribution is 7.99. The molecule has 0 amide bonds. The van der Waals surface area contributed by atoms with Gasteiger partial charge in [-0.3, -0.25) is 4.79 Å². The van der Waals surface area contributed by atoms with Crippen LogP contribution in [0.1, 0.15) is 39.5 Å². The lowest BCUT2D eigenvalue weighted by molar-refractivity contribution is -0.152. The van der Waals surface area contributed by atoms with Crippen LogP contribution in [0.3, 0.4) is 0 Å². The van der Waals surface area contributed by atoms with E-state index in [2.05, 4.69) is 10.3 Å². The Labute approximate surface area is 131 Å². The molecular weight excluding hydrogens is 284 g/mol. The molecule has 1 heterocycles. The normalized spacial score (nSPS) is 25.5. The highest BCUT2D eigenvalue weighted by Gasteiger charge is 2.43. The zero-order valence-electron chi connectivity index (χ0n) is 12.8. The molecule has 2 atom stereocenters. The predicted octanol–water partition coefficient (Wildman–Crippen LogP) is 3.03. The van der Waals surface area contributed by atoms with Gasteiger partial charge < -0.3 is 10.1 Å². The molecule has 0 spiro atoms. The van der Waals surface area contributed by atoms with E-state index in [0.29, 0.717) is 11.9 Å². The van der Waals surface area contributed by atoms with Crippen LogP contribution in [0, 0.1) is 0 Å². The molecule has 1 saturated carbocycles. The SMILES string of the molecule is CCNC1(C(=O)OCC)CCCC(Sc2ccccn2)C1. The second-order valence-corrected chi connectivity index (χ2v) is 6.66. The van der Waals surface area contributed by atoms with E-state index < -0.39 is 5.54 Å². The van der Waals surface area contributed by atoms with Crippen LogP contribution in [0.15, 0.2) is 29.4 Å². The molecule has 1 aliphatic rings. The van der Waals surface area contributed by atoms with Crippen molar-refractivity contribution in [1.29, 1.82) is 0 Å². The molecule has 1 aliphatic carbocycles. The van der Waals surface area contributed by atoms with E-state index >= 15 is 0 Å². The van der Waals surface area contributed by atoms with E-state index in [1.165, 1.54) is 0 Å². The number of carbonyl (C=O) groups excluding carboxylic acids is 1. The summed E-state index contributed by atoms with van der Waals surface area (Å²) >= 11 is 1.77. The molecule has 0 radical (unpaired) electrons. The molecule has 1 fully saturated rings. The third kappa shape index (κ3) is 4.20. The summed E-state index contributed by atoms with van der Waals surface area (Å²) in [7, 11) is 0. The predicted molar refractivity (Wildman–Crippen MR) is 85.4 cm³/mol. The number of thioether (sulfide) groups is 1. The highest BCUT2D eigenvalue weighted by Crippen LogP contribution is 2.38. The van der Waals surface area contributed by atoms with Crippen molar-refractivity contribution in [3.63, 3.8) is 0 Å². The fraction of sp³-hybridized carbons (Fsp3) is 0.625. The number of aromatic nitrogens is 1.